The molecule has 8 heteroatoms. The van der Waals surface area contributed by atoms with Crippen molar-refractivity contribution in [2.75, 3.05) is 5.32 Å². The lowest BCUT2D eigenvalue weighted by Gasteiger charge is -2.09. The molecule has 2 aromatic rings. The van der Waals surface area contributed by atoms with Crippen molar-refractivity contribution in [3.8, 4) is 0 Å². The van der Waals surface area contributed by atoms with Crippen LogP contribution < -0.4 is 11.1 Å². The molecule has 4 nitrogen and oxygen atoms in total. The fourth-order valence-electron chi connectivity index (χ4n) is 1.60. The van der Waals surface area contributed by atoms with Crippen molar-refractivity contribution in [2.45, 2.75) is 19.0 Å². The number of nitrogens with two attached hydrogens (primary N) is 1. The van der Waals surface area contributed by atoms with Gasteiger partial charge in [-0.05, 0) is 24.6 Å². The number of aromatic nitrogens is 1. The third-order valence-corrected chi connectivity index (χ3v) is 3.64. The van der Waals surface area contributed by atoms with Crippen LogP contribution in [0.25, 0.3) is 0 Å². The molecular formula is C13H12F3N3OS. The van der Waals surface area contributed by atoms with Crippen LogP contribution in [0.2, 0.25) is 0 Å². The Morgan fingerprint density at radius 3 is 2.43 bits per heavy atom. The van der Waals surface area contributed by atoms with Crippen molar-refractivity contribution in [2.24, 2.45) is 5.73 Å². The minimum atomic E-state index is -4.45. The highest BCUT2D eigenvalue weighted by Crippen LogP contribution is 2.32. The topological polar surface area (TPSA) is 68.0 Å². The molecule has 0 aliphatic heterocycles. The number of carbonyl (C=O) groups is 1. The van der Waals surface area contributed by atoms with Gasteiger partial charge in [0, 0.05) is 11.1 Å². The van der Waals surface area contributed by atoms with Gasteiger partial charge >= 0.3 is 6.18 Å². The molecule has 0 saturated heterocycles. The molecular weight excluding hydrogens is 303 g/mol. The van der Waals surface area contributed by atoms with Crippen LogP contribution in [0.4, 0.5) is 24.0 Å². The number of anilines is 2. The first kappa shape index (κ1) is 15.3. The van der Waals surface area contributed by atoms with Crippen LogP contribution in [0, 0.1) is 0 Å². The first-order valence-electron chi connectivity index (χ1n) is 5.96. The summed E-state index contributed by atoms with van der Waals surface area (Å²) in [6.07, 6.45) is -4.45. The number of halogens is 3. The highest BCUT2D eigenvalue weighted by atomic mass is 32.1. The quantitative estimate of drug-likeness (QED) is 0.907. The first-order valence-corrected chi connectivity index (χ1v) is 6.84. The smallest absolute Gasteiger partial charge is 0.369 e. The summed E-state index contributed by atoms with van der Waals surface area (Å²) in [5.74, 6) is -0.860. The number of carbonyl (C=O) groups excluding carboxylic acids is 1. The summed E-state index contributed by atoms with van der Waals surface area (Å²) in [5, 5.41) is 3.88. The molecule has 0 bridgehead atoms. The molecule has 0 aliphatic rings. The van der Waals surface area contributed by atoms with Gasteiger partial charge in [-0.25, -0.2) is 4.98 Å². The summed E-state index contributed by atoms with van der Waals surface area (Å²) in [6, 6.07) is 6.69. The lowest BCUT2D eigenvalue weighted by atomic mass is 10.0. The average molecular weight is 315 g/mol. The van der Waals surface area contributed by atoms with E-state index in [1.807, 2.05) is 0 Å². The van der Waals surface area contributed by atoms with Crippen molar-refractivity contribution in [3.63, 3.8) is 0 Å². The van der Waals surface area contributed by atoms with Crippen molar-refractivity contribution in [1.82, 2.24) is 4.98 Å². The number of nitrogens with one attached hydrogen (secondary N) is 1. The minimum absolute atomic E-state index is 0.151. The van der Waals surface area contributed by atoms with E-state index in [0.717, 1.165) is 22.3 Å². The molecule has 0 spiro atoms. The van der Waals surface area contributed by atoms with E-state index in [0.29, 0.717) is 5.69 Å². The molecule has 3 N–H and O–H groups in total. The molecule has 21 heavy (non-hydrogen) atoms. The van der Waals surface area contributed by atoms with Crippen molar-refractivity contribution in [1.29, 1.82) is 0 Å². The maximum atomic E-state index is 12.4. The molecule has 2 rings (SSSR count). The van der Waals surface area contributed by atoms with E-state index in [-0.39, 0.29) is 5.13 Å². The Morgan fingerprint density at radius 2 is 1.95 bits per heavy atom. The molecule has 1 atom stereocenters. The molecule has 0 aliphatic carbocycles. The summed E-state index contributed by atoms with van der Waals surface area (Å²) < 4.78 is 37.3. The van der Waals surface area contributed by atoms with E-state index in [4.69, 9.17) is 5.73 Å². The fraction of sp³-hybridized carbons (Fsp3) is 0.231. The van der Waals surface area contributed by atoms with Crippen LogP contribution in [0.5, 0.6) is 0 Å². The molecule has 0 fully saturated rings. The molecule has 0 unspecified atom stereocenters. The number of hydrogen-bond donors (Lipinski definition) is 2. The molecule has 1 aromatic heterocycles. The third kappa shape index (κ3) is 3.72. The lowest BCUT2D eigenvalue weighted by molar-refractivity contribution is -0.140. The zero-order valence-electron chi connectivity index (χ0n) is 10.9. The van der Waals surface area contributed by atoms with Gasteiger partial charge in [-0.2, -0.15) is 13.2 Å². The lowest BCUT2D eigenvalue weighted by Crippen LogP contribution is -2.18. The highest BCUT2D eigenvalue weighted by molar-refractivity contribution is 7.13. The third-order valence-electron chi connectivity index (χ3n) is 2.88. The number of thiazole rings is 1. The SMILES string of the molecule is C[C@@H](C(N)=O)c1ccc(Nc2nc(C(F)(F)F)cs2)cc1. The standard InChI is InChI=1S/C13H12F3N3OS/c1-7(11(17)20)8-2-4-9(5-3-8)18-12-19-10(6-21-12)13(14,15)16/h2-7H,1H3,(H2,17,20)(H,18,19)/t7-/m1/s1. The molecule has 1 amide bonds. The van der Waals surface area contributed by atoms with Crippen LogP contribution in [-0.4, -0.2) is 10.9 Å². The van der Waals surface area contributed by atoms with Gasteiger partial charge in [0.15, 0.2) is 10.8 Å². The summed E-state index contributed by atoms with van der Waals surface area (Å²) in [6.45, 7) is 1.68. The van der Waals surface area contributed by atoms with Gasteiger partial charge in [-0.1, -0.05) is 12.1 Å². The van der Waals surface area contributed by atoms with Crippen molar-refractivity contribution >= 4 is 28.1 Å². The summed E-state index contributed by atoms with van der Waals surface area (Å²) >= 11 is 0.870. The number of alkyl halides is 3. The van der Waals surface area contributed by atoms with Gasteiger partial charge in [-0.15, -0.1) is 11.3 Å². The van der Waals surface area contributed by atoms with Gasteiger partial charge < -0.3 is 11.1 Å². The number of amides is 1. The monoisotopic (exact) mass is 315 g/mol. The summed E-state index contributed by atoms with van der Waals surface area (Å²) in [5.41, 5.74) is 5.60. The van der Waals surface area contributed by atoms with Gasteiger partial charge in [0.25, 0.3) is 0 Å². The first-order chi connectivity index (χ1) is 9.77. The minimum Gasteiger partial charge on any atom is -0.369 e. The van der Waals surface area contributed by atoms with E-state index >= 15 is 0 Å². The fourth-order valence-corrected chi connectivity index (χ4v) is 2.34. The number of rotatable bonds is 4. The molecule has 112 valence electrons. The molecule has 0 radical (unpaired) electrons. The zero-order chi connectivity index (χ0) is 15.6. The highest BCUT2D eigenvalue weighted by Gasteiger charge is 2.33. The Morgan fingerprint density at radius 1 is 1.33 bits per heavy atom. The summed E-state index contributed by atoms with van der Waals surface area (Å²) in [4.78, 5) is 14.5. The van der Waals surface area contributed by atoms with Crippen LogP contribution in [0.1, 0.15) is 24.1 Å². The van der Waals surface area contributed by atoms with Gasteiger partial charge in [0.05, 0.1) is 5.92 Å². The number of benzene rings is 1. The van der Waals surface area contributed by atoms with E-state index in [2.05, 4.69) is 10.3 Å². The number of nitrogens with zero attached hydrogens (tertiary/aromatic N) is 1. The second-order valence-electron chi connectivity index (χ2n) is 4.41. The largest absolute Gasteiger partial charge is 0.434 e. The Bertz CT molecular complexity index is 637. The zero-order valence-corrected chi connectivity index (χ0v) is 11.8. The second-order valence-corrected chi connectivity index (χ2v) is 5.26. The van der Waals surface area contributed by atoms with Gasteiger partial charge in [0.1, 0.15) is 0 Å². The Balaban J connectivity index is 2.10. The van der Waals surface area contributed by atoms with E-state index in [9.17, 15) is 18.0 Å². The van der Waals surface area contributed by atoms with Crippen molar-refractivity contribution < 1.29 is 18.0 Å². The van der Waals surface area contributed by atoms with E-state index in [1.54, 1.807) is 31.2 Å². The van der Waals surface area contributed by atoms with Crippen LogP contribution in [-0.2, 0) is 11.0 Å². The predicted molar refractivity (Wildman–Crippen MR) is 74.5 cm³/mol. The van der Waals surface area contributed by atoms with E-state index in [1.165, 1.54) is 0 Å². The Hall–Kier alpha value is -2.09. The maximum Gasteiger partial charge on any atom is 0.434 e. The van der Waals surface area contributed by atoms with Crippen LogP contribution in [0.3, 0.4) is 0 Å². The van der Waals surface area contributed by atoms with Crippen LogP contribution >= 0.6 is 11.3 Å². The van der Waals surface area contributed by atoms with Gasteiger partial charge in [-0.3, -0.25) is 4.79 Å². The second kappa shape index (κ2) is 5.72. The normalized spacial score (nSPS) is 13.0. The Labute approximate surface area is 122 Å². The molecule has 0 saturated carbocycles. The van der Waals surface area contributed by atoms with Crippen LogP contribution in [0.15, 0.2) is 29.6 Å². The number of hydrogen-bond acceptors (Lipinski definition) is 4. The average Bonchev–Trinajstić information content (AvgIpc) is 2.87. The maximum absolute atomic E-state index is 12.4. The Kier molecular flexibility index (Phi) is 4.17. The number of primary amides is 1. The van der Waals surface area contributed by atoms with E-state index < -0.39 is 23.7 Å². The van der Waals surface area contributed by atoms with Gasteiger partial charge in [0.2, 0.25) is 5.91 Å². The molecule has 1 aromatic carbocycles. The summed E-state index contributed by atoms with van der Waals surface area (Å²) in [7, 11) is 0. The predicted octanol–water partition coefficient (Wildman–Crippen LogP) is 3.49. The molecule has 1 heterocycles. The van der Waals surface area contributed by atoms with Crippen molar-refractivity contribution in [3.05, 3.63) is 40.9 Å².